The Labute approximate surface area is 163 Å². The van der Waals surface area contributed by atoms with Crippen molar-refractivity contribution in [2.24, 2.45) is 0 Å². The zero-order valence-electron chi connectivity index (χ0n) is 16.0. The van der Waals surface area contributed by atoms with Gasteiger partial charge in [0, 0.05) is 37.4 Å². The molecule has 1 aliphatic rings. The van der Waals surface area contributed by atoms with Gasteiger partial charge in [0.25, 0.3) is 0 Å². The molecule has 1 aliphatic heterocycles. The fourth-order valence-electron chi connectivity index (χ4n) is 3.20. The Kier molecular flexibility index (Phi) is 5.93. The maximum Gasteiger partial charge on any atom is 0.339 e. The van der Waals surface area contributed by atoms with Crippen LogP contribution in [-0.4, -0.2) is 56.0 Å². The van der Waals surface area contributed by atoms with Gasteiger partial charge in [-0.1, -0.05) is 24.3 Å². The normalized spacial score (nSPS) is 13.8. The standard InChI is InChI=1S/C21H23N3O4/c1-15(25)16-6-5-7-17(14-16)22-21(27)24-12-10-23(11-13-24)19-9-4-3-8-18(19)20(26)28-2/h3-9,14H,10-13H2,1-2H3,(H,22,27). The first kappa shape index (κ1) is 19.4. The number of para-hydroxylation sites is 1. The maximum atomic E-state index is 12.6. The third-order valence-electron chi connectivity index (χ3n) is 4.74. The molecule has 0 unspecified atom stereocenters. The molecule has 1 heterocycles. The van der Waals surface area contributed by atoms with E-state index in [2.05, 4.69) is 10.2 Å². The lowest BCUT2D eigenvalue weighted by Gasteiger charge is -2.36. The lowest BCUT2D eigenvalue weighted by atomic mass is 10.1. The van der Waals surface area contributed by atoms with Crippen LogP contribution in [0.3, 0.4) is 0 Å². The van der Waals surface area contributed by atoms with Crippen molar-refractivity contribution in [3.05, 3.63) is 59.7 Å². The molecule has 7 nitrogen and oxygen atoms in total. The van der Waals surface area contributed by atoms with E-state index in [0.717, 1.165) is 5.69 Å². The van der Waals surface area contributed by atoms with E-state index >= 15 is 0 Å². The monoisotopic (exact) mass is 381 g/mol. The minimum Gasteiger partial charge on any atom is -0.465 e. The highest BCUT2D eigenvalue weighted by Gasteiger charge is 2.24. The van der Waals surface area contributed by atoms with E-state index in [1.165, 1.54) is 14.0 Å². The van der Waals surface area contributed by atoms with Crippen molar-refractivity contribution in [3.63, 3.8) is 0 Å². The molecule has 0 aromatic heterocycles. The van der Waals surface area contributed by atoms with Crippen LogP contribution in [0.4, 0.5) is 16.2 Å². The second kappa shape index (κ2) is 8.56. The van der Waals surface area contributed by atoms with Crippen LogP contribution in [0.2, 0.25) is 0 Å². The maximum absolute atomic E-state index is 12.6. The van der Waals surface area contributed by atoms with E-state index in [-0.39, 0.29) is 17.8 Å². The molecule has 0 saturated carbocycles. The third kappa shape index (κ3) is 4.31. The summed E-state index contributed by atoms with van der Waals surface area (Å²) < 4.78 is 4.86. The Hall–Kier alpha value is -3.35. The molecule has 0 spiro atoms. The predicted octanol–water partition coefficient (Wildman–Crippen LogP) is 3.03. The van der Waals surface area contributed by atoms with Gasteiger partial charge in [0.15, 0.2) is 5.78 Å². The number of amides is 2. The quantitative estimate of drug-likeness (QED) is 0.651. The van der Waals surface area contributed by atoms with Gasteiger partial charge < -0.3 is 19.9 Å². The minimum absolute atomic E-state index is 0.0472. The van der Waals surface area contributed by atoms with Crippen LogP contribution in [0.5, 0.6) is 0 Å². The molecule has 2 aromatic rings. The highest BCUT2D eigenvalue weighted by Crippen LogP contribution is 2.23. The number of benzene rings is 2. The summed E-state index contributed by atoms with van der Waals surface area (Å²) in [5.41, 5.74) is 2.48. The molecule has 2 aromatic carbocycles. The number of hydrogen-bond donors (Lipinski definition) is 1. The average molecular weight is 381 g/mol. The van der Waals surface area contributed by atoms with Gasteiger partial charge in [-0.15, -0.1) is 0 Å². The first-order valence-electron chi connectivity index (χ1n) is 9.09. The third-order valence-corrected chi connectivity index (χ3v) is 4.74. The summed E-state index contributed by atoms with van der Waals surface area (Å²) in [5, 5.41) is 2.84. The molecular weight excluding hydrogens is 358 g/mol. The number of ether oxygens (including phenoxy) is 1. The molecule has 28 heavy (non-hydrogen) atoms. The molecule has 7 heteroatoms. The number of piperazine rings is 1. The fourth-order valence-corrected chi connectivity index (χ4v) is 3.20. The largest absolute Gasteiger partial charge is 0.465 e. The summed E-state index contributed by atoms with van der Waals surface area (Å²) in [7, 11) is 1.36. The molecular formula is C21H23N3O4. The second-order valence-corrected chi connectivity index (χ2v) is 6.55. The number of carbonyl (C=O) groups excluding carboxylic acids is 3. The fraction of sp³-hybridized carbons (Fsp3) is 0.286. The summed E-state index contributed by atoms with van der Waals surface area (Å²) in [6, 6.07) is 14.0. The second-order valence-electron chi connectivity index (χ2n) is 6.55. The van der Waals surface area contributed by atoms with Crippen LogP contribution in [0.15, 0.2) is 48.5 Å². The molecule has 1 saturated heterocycles. The van der Waals surface area contributed by atoms with E-state index in [1.54, 1.807) is 41.3 Å². The zero-order valence-corrected chi connectivity index (χ0v) is 16.0. The van der Waals surface area contributed by atoms with Crippen LogP contribution >= 0.6 is 0 Å². The zero-order chi connectivity index (χ0) is 20.1. The first-order valence-corrected chi connectivity index (χ1v) is 9.09. The van der Waals surface area contributed by atoms with Gasteiger partial charge in [0.05, 0.1) is 18.4 Å². The smallest absolute Gasteiger partial charge is 0.339 e. The summed E-state index contributed by atoms with van der Waals surface area (Å²) in [6.45, 7) is 3.75. The first-order chi connectivity index (χ1) is 13.5. The lowest BCUT2D eigenvalue weighted by Crippen LogP contribution is -2.50. The Balaban J connectivity index is 1.63. The van der Waals surface area contributed by atoms with Crippen molar-refractivity contribution in [1.29, 1.82) is 0 Å². The van der Waals surface area contributed by atoms with Crippen molar-refractivity contribution in [1.82, 2.24) is 4.90 Å². The van der Waals surface area contributed by atoms with Crippen molar-refractivity contribution < 1.29 is 19.1 Å². The van der Waals surface area contributed by atoms with Crippen LogP contribution in [0, 0.1) is 0 Å². The Morgan fingerprint density at radius 1 is 0.964 bits per heavy atom. The summed E-state index contributed by atoms with van der Waals surface area (Å²) in [5.74, 6) is -0.421. The molecule has 2 amide bonds. The summed E-state index contributed by atoms with van der Waals surface area (Å²) in [6.07, 6.45) is 0. The SMILES string of the molecule is COC(=O)c1ccccc1N1CCN(C(=O)Nc2cccc(C(C)=O)c2)CC1. The van der Waals surface area contributed by atoms with Gasteiger partial charge in [-0.05, 0) is 31.2 Å². The van der Waals surface area contributed by atoms with Crippen molar-refractivity contribution >= 4 is 29.2 Å². The average Bonchev–Trinajstić information content (AvgIpc) is 2.73. The van der Waals surface area contributed by atoms with Crippen LogP contribution in [0.1, 0.15) is 27.6 Å². The number of anilines is 2. The number of methoxy groups -OCH3 is 1. The van der Waals surface area contributed by atoms with Gasteiger partial charge >= 0.3 is 12.0 Å². The number of esters is 1. The molecule has 146 valence electrons. The van der Waals surface area contributed by atoms with E-state index in [9.17, 15) is 14.4 Å². The van der Waals surface area contributed by atoms with Gasteiger partial charge in [-0.2, -0.15) is 0 Å². The van der Waals surface area contributed by atoms with E-state index < -0.39 is 0 Å². The van der Waals surface area contributed by atoms with Gasteiger partial charge in [0.2, 0.25) is 0 Å². The summed E-state index contributed by atoms with van der Waals surface area (Å²) >= 11 is 0. The highest BCUT2D eigenvalue weighted by molar-refractivity contribution is 5.97. The highest BCUT2D eigenvalue weighted by atomic mass is 16.5. The Morgan fingerprint density at radius 2 is 1.68 bits per heavy atom. The molecule has 1 fully saturated rings. The Bertz CT molecular complexity index is 889. The van der Waals surface area contributed by atoms with Crippen LogP contribution in [0.25, 0.3) is 0 Å². The molecule has 0 radical (unpaired) electrons. The molecule has 0 bridgehead atoms. The topological polar surface area (TPSA) is 79.0 Å². The van der Waals surface area contributed by atoms with Crippen molar-refractivity contribution in [3.8, 4) is 0 Å². The Morgan fingerprint density at radius 3 is 2.36 bits per heavy atom. The molecule has 3 rings (SSSR count). The molecule has 0 atom stereocenters. The van der Waals surface area contributed by atoms with Crippen molar-refractivity contribution in [2.75, 3.05) is 43.5 Å². The van der Waals surface area contributed by atoms with Gasteiger partial charge in [-0.3, -0.25) is 4.79 Å². The van der Waals surface area contributed by atoms with Gasteiger partial charge in [-0.25, -0.2) is 9.59 Å². The number of urea groups is 1. The van der Waals surface area contributed by atoms with E-state index in [0.29, 0.717) is 43.0 Å². The number of hydrogen-bond acceptors (Lipinski definition) is 5. The van der Waals surface area contributed by atoms with Gasteiger partial charge in [0.1, 0.15) is 0 Å². The predicted molar refractivity (Wildman–Crippen MR) is 107 cm³/mol. The lowest BCUT2D eigenvalue weighted by molar-refractivity contribution is 0.0601. The van der Waals surface area contributed by atoms with E-state index in [1.807, 2.05) is 12.1 Å². The van der Waals surface area contributed by atoms with Crippen molar-refractivity contribution in [2.45, 2.75) is 6.92 Å². The molecule has 1 N–H and O–H groups in total. The van der Waals surface area contributed by atoms with Crippen LogP contribution in [-0.2, 0) is 4.74 Å². The summed E-state index contributed by atoms with van der Waals surface area (Å²) in [4.78, 5) is 39.8. The number of nitrogens with zero attached hydrogens (tertiary/aromatic N) is 2. The molecule has 0 aliphatic carbocycles. The number of ketones is 1. The number of rotatable bonds is 4. The van der Waals surface area contributed by atoms with E-state index in [4.69, 9.17) is 4.74 Å². The number of nitrogens with one attached hydrogen (secondary N) is 1. The number of Topliss-reactive ketones (excluding diaryl/α,β-unsaturated/α-hetero) is 1. The minimum atomic E-state index is -0.374. The number of carbonyl (C=O) groups is 3. The van der Waals surface area contributed by atoms with Crippen LogP contribution < -0.4 is 10.2 Å².